The molecule has 1 aliphatic heterocycles. The summed E-state index contributed by atoms with van der Waals surface area (Å²) in [7, 11) is 1.54. The molecule has 2 heterocycles. The van der Waals surface area contributed by atoms with Crippen LogP contribution in [0.25, 0.3) is 0 Å². The Labute approximate surface area is 81.9 Å². The maximum absolute atomic E-state index is 5.23. The van der Waals surface area contributed by atoms with E-state index >= 15 is 0 Å². The predicted octanol–water partition coefficient (Wildman–Crippen LogP) is -0.283. The van der Waals surface area contributed by atoms with E-state index in [1.165, 1.54) is 6.33 Å². The highest BCUT2D eigenvalue weighted by Crippen LogP contribution is 2.10. The van der Waals surface area contributed by atoms with Crippen LogP contribution in [0.1, 0.15) is 0 Å². The van der Waals surface area contributed by atoms with Crippen LogP contribution >= 0.6 is 0 Å². The zero-order valence-corrected chi connectivity index (χ0v) is 8.01. The summed E-state index contributed by atoms with van der Waals surface area (Å²) < 4.78 is 10.2. The normalized spacial score (nSPS) is 16.8. The van der Waals surface area contributed by atoms with Crippen LogP contribution in [-0.4, -0.2) is 48.4 Å². The van der Waals surface area contributed by atoms with Gasteiger partial charge in [-0.05, 0) is 0 Å². The van der Waals surface area contributed by atoms with Gasteiger partial charge in [0.2, 0.25) is 5.95 Å². The lowest BCUT2D eigenvalue weighted by Gasteiger charge is -2.26. The van der Waals surface area contributed by atoms with Crippen LogP contribution in [0, 0.1) is 0 Å². The van der Waals surface area contributed by atoms with Crippen molar-refractivity contribution in [2.45, 2.75) is 0 Å². The molecule has 0 saturated carbocycles. The number of methoxy groups -OCH3 is 1. The molecule has 1 fully saturated rings. The van der Waals surface area contributed by atoms with Gasteiger partial charge < -0.3 is 14.4 Å². The third-order valence-electron chi connectivity index (χ3n) is 2.01. The molecule has 6 nitrogen and oxygen atoms in total. The van der Waals surface area contributed by atoms with Crippen molar-refractivity contribution in [3.63, 3.8) is 0 Å². The summed E-state index contributed by atoms with van der Waals surface area (Å²) in [6.07, 6.45) is 1.45. The molecular formula is C8H12N4O2. The fourth-order valence-electron chi connectivity index (χ4n) is 1.29. The summed E-state index contributed by atoms with van der Waals surface area (Å²) in [6.45, 7) is 3.06. The predicted molar refractivity (Wildman–Crippen MR) is 49.4 cm³/mol. The summed E-state index contributed by atoms with van der Waals surface area (Å²) in [4.78, 5) is 14.1. The number of anilines is 1. The van der Waals surface area contributed by atoms with Gasteiger partial charge in [-0.3, -0.25) is 0 Å². The number of rotatable bonds is 2. The minimum atomic E-state index is 0.349. The van der Waals surface area contributed by atoms with Crippen LogP contribution in [0.4, 0.5) is 5.95 Å². The molecule has 1 aromatic heterocycles. The van der Waals surface area contributed by atoms with Crippen molar-refractivity contribution in [2.75, 3.05) is 38.3 Å². The highest BCUT2D eigenvalue weighted by atomic mass is 16.5. The van der Waals surface area contributed by atoms with Gasteiger partial charge in [0.15, 0.2) is 0 Å². The van der Waals surface area contributed by atoms with Crippen molar-refractivity contribution in [3.05, 3.63) is 6.33 Å². The first-order valence-corrected chi connectivity index (χ1v) is 4.46. The van der Waals surface area contributed by atoms with E-state index in [0.717, 1.165) is 13.1 Å². The smallest absolute Gasteiger partial charge is 0.320 e. The van der Waals surface area contributed by atoms with Crippen LogP contribution in [-0.2, 0) is 4.74 Å². The number of morpholine rings is 1. The number of aromatic nitrogens is 3. The van der Waals surface area contributed by atoms with Gasteiger partial charge in [-0.15, -0.1) is 0 Å². The van der Waals surface area contributed by atoms with E-state index in [9.17, 15) is 0 Å². The van der Waals surface area contributed by atoms with Crippen LogP contribution in [0.5, 0.6) is 6.01 Å². The SMILES string of the molecule is COc1ncnc(N2CCOCC2)n1. The van der Waals surface area contributed by atoms with Gasteiger partial charge in [-0.2, -0.15) is 9.97 Å². The number of hydrogen-bond donors (Lipinski definition) is 0. The van der Waals surface area contributed by atoms with Gasteiger partial charge in [-0.25, -0.2) is 4.98 Å². The number of nitrogens with zero attached hydrogens (tertiary/aromatic N) is 4. The maximum Gasteiger partial charge on any atom is 0.320 e. The van der Waals surface area contributed by atoms with E-state index in [4.69, 9.17) is 9.47 Å². The molecule has 0 unspecified atom stereocenters. The van der Waals surface area contributed by atoms with Crippen LogP contribution < -0.4 is 9.64 Å². The fourth-order valence-corrected chi connectivity index (χ4v) is 1.29. The Balaban J connectivity index is 2.13. The maximum atomic E-state index is 5.23. The highest BCUT2D eigenvalue weighted by Gasteiger charge is 2.14. The van der Waals surface area contributed by atoms with Crippen molar-refractivity contribution >= 4 is 5.95 Å². The molecule has 1 aliphatic rings. The Morgan fingerprint density at radius 2 is 2.14 bits per heavy atom. The quantitative estimate of drug-likeness (QED) is 0.648. The second-order valence-electron chi connectivity index (χ2n) is 2.87. The van der Waals surface area contributed by atoms with Crippen molar-refractivity contribution in [1.29, 1.82) is 0 Å². The molecule has 1 saturated heterocycles. The summed E-state index contributed by atoms with van der Waals surface area (Å²) >= 11 is 0. The molecule has 0 aromatic carbocycles. The molecule has 0 radical (unpaired) electrons. The zero-order chi connectivity index (χ0) is 9.80. The van der Waals surface area contributed by atoms with E-state index in [2.05, 4.69) is 15.0 Å². The van der Waals surface area contributed by atoms with Gasteiger partial charge in [0.1, 0.15) is 6.33 Å². The van der Waals surface area contributed by atoms with E-state index in [0.29, 0.717) is 25.2 Å². The second kappa shape index (κ2) is 4.19. The van der Waals surface area contributed by atoms with Gasteiger partial charge in [-0.1, -0.05) is 0 Å². The third-order valence-corrected chi connectivity index (χ3v) is 2.01. The molecule has 0 amide bonds. The Kier molecular flexibility index (Phi) is 2.73. The summed E-state index contributed by atoms with van der Waals surface area (Å²) in [5.41, 5.74) is 0. The fraction of sp³-hybridized carbons (Fsp3) is 0.625. The first kappa shape index (κ1) is 9.14. The average molecular weight is 196 g/mol. The van der Waals surface area contributed by atoms with Crippen molar-refractivity contribution in [3.8, 4) is 6.01 Å². The van der Waals surface area contributed by atoms with E-state index in [1.807, 2.05) is 4.90 Å². The first-order valence-electron chi connectivity index (χ1n) is 4.46. The Morgan fingerprint density at radius 3 is 2.86 bits per heavy atom. The molecular weight excluding hydrogens is 184 g/mol. The lowest BCUT2D eigenvalue weighted by atomic mass is 10.4. The Morgan fingerprint density at radius 1 is 1.36 bits per heavy atom. The zero-order valence-electron chi connectivity index (χ0n) is 8.01. The van der Waals surface area contributed by atoms with Gasteiger partial charge in [0, 0.05) is 13.1 Å². The van der Waals surface area contributed by atoms with Crippen LogP contribution in [0.15, 0.2) is 6.33 Å². The highest BCUT2D eigenvalue weighted by molar-refractivity contribution is 5.29. The lowest BCUT2D eigenvalue weighted by molar-refractivity contribution is 0.122. The van der Waals surface area contributed by atoms with Crippen LogP contribution in [0.2, 0.25) is 0 Å². The van der Waals surface area contributed by atoms with Gasteiger partial charge >= 0.3 is 6.01 Å². The van der Waals surface area contributed by atoms with Crippen molar-refractivity contribution in [1.82, 2.24) is 15.0 Å². The monoisotopic (exact) mass is 196 g/mol. The van der Waals surface area contributed by atoms with Crippen LogP contribution in [0.3, 0.4) is 0 Å². The second-order valence-corrected chi connectivity index (χ2v) is 2.87. The van der Waals surface area contributed by atoms with E-state index in [1.54, 1.807) is 7.11 Å². The summed E-state index contributed by atoms with van der Waals surface area (Å²) in [5.74, 6) is 0.653. The molecule has 14 heavy (non-hydrogen) atoms. The van der Waals surface area contributed by atoms with Crippen molar-refractivity contribution < 1.29 is 9.47 Å². The molecule has 0 spiro atoms. The minimum absolute atomic E-state index is 0.349. The van der Waals surface area contributed by atoms with E-state index in [-0.39, 0.29) is 0 Å². The average Bonchev–Trinajstić information content (AvgIpc) is 2.30. The lowest BCUT2D eigenvalue weighted by Crippen LogP contribution is -2.37. The minimum Gasteiger partial charge on any atom is -0.467 e. The van der Waals surface area contributed by atoms with Crippen molar-refractivity contribution in [2.24, 2.45) is 0 Å². The molecule has 0 atom stereocenters. The topological polar surface area (TPSA) is 60.4 Å². The molecule has 2 rings (SSSR count). The Hall–Kier alpha value is -1.43. The summed E-state index contributed by atoms with van der Waals surface area (Å²) in [6, 6.07) is 0.349. The van der Waals surface area contributed by atoms with Gasteiger partial charge in [0.25, 0.3) is 0 Å². The molecule has 1 aromatic rings. The first-order chi connectivity index (χ1) is 6.90. The number of hydrogen-bond acceptors (Lipinski definition) is 6. The molecule has 6 heteroatoms. The molecule has 0 aliphatic carbocycles. The molecule has 76 valence electrons. The third kappa shape index (κ3) is 1.90. The molecule has 0 bridgehead atoms. The molecule has 0 N–H and O–H groups in total. The number of ether oxygens (including phenoxy) is 2. The Bertz CT molecular complexity index is 301. The van der Waals surface area contributed by atoms with E-state index < -0.39 is 0 Å². The largest absolute Gasteiger partial charge is 0.467 e. The standard InChI is InChI=1S/C8H12N4O2/c1-13-8-10-6-9-7(11-8)12-2-4-14-5-3-12/h6H,2-5H2,1H3. The summed E-state index contributed by atoms with van der Waals surface area (Å²) in [5, 5.41) is 0. The van der Waals surface area contributed by atoms with Gasteiger partial charge in [0.05, 0.1) is 20.3 Å².